The minimum absolute atomic E-state index is 0.0137. The highest BCUT2D eigenvalue weighted by Crippen LogP contribution is 2.46. The highest BCUT2D eigenvalue weighted by atomic mass is 16.6. The molecule has 0 bridgehead atoms. The second-order valence-corrected chi connectivity index (χ2v) is 20.6. The van der Waals surface area contributed by atoms with Gasteiger partial charge in [-0.05, 0) is 74.7 Å². The molecular formula is C51H77N5O11. The van der Waals surface area contributed by atoms with Crippen LogP contribution in [0.1, 0.15) is 109 Å². The predicted octanol–water partition coefficient (Wildman–Crippen LogP) is 4.95. The van der Waals surface area contributed by atoms with Crippen molar-refractivity contribution >= 4 is 23.9 Å². The molecule has 0 aromatic carbocycles. The third-order valence-corrected chi connectivity index (χ3v) is 16.5. The zero-order valence-corrected chi connectivity index (χ0v) is 40.1. The molecule has 9 rings (SSSR count). The van der Waals surface area contributed by atoms with Crippen LogP contribution in [0, 0.1) is 29.6 Å². The van der Waals surface area contributed by atoms with Crippen molar-refractivity contribution in [2.75, 3.05) is 80.2 Å². The molecule has 4 aliphatic heterocycles. The molecule has 5 aliphatic carbocycles. The number of aliphatic imine (C=N–C) groups is 1. The molecule has 16 heteroatoms. The third-order valence-electron chi connectivity index (χ3n) is 16.5. The Labute approximate surface area is 397 Å². The SMILES string of the molecule is COC1=C(OCC2=C[C@@H](OCCOCCOCCOCCC(N)=O)CC(COC3=C(OC)C[C@@H]4C(=O)N5C6CCCC[C@@H]6C[C@H]5CN[C@@H]4C3)C2)C[C@@H]2N=CC3C[C@@H]4CCCCC4N3C(=O)[C@@H]2C1. The maximum Gasteiger partial charge on any atom is 0.229 e. The number of rotatable bonds is 21. The van der Waals surface area contributed by atoms with E-state index in [9.17, 15) is 14.4 Å². The first-order valence-electron chi connectivity index (χ1n) is 25.8. The zero-order chi connectivity index (χ0) is 46.3. The average molecular weight is 936 g/mol. The van der Waals surface area contributed by atoms with Crippen LogP contribution in [0.5, 0.6) is 0 Å². The van der Waals surface area contributed by atoms with Crippen LogP contribution < -0.4 is 11.1 Å². The van der Waals surface area contributed by atoms with E-state index >= 15 is 0 Å². The molecule has 9 aliphatic rings. The van der Waals surface area contributed by atoms with E-state index in [0.29, 0.717) is 115 Å². The molecule has 3 saturated heterocycles. The van der Waals surface area contributed by atoms with E-state index in [1.165, 1.54) is 38.5 Å². The highest BCUT2D eigenvalue weighted by molar-refractivity contribution is 5.87. The maximum atomic E-state index is 14.3. The number of nitrogens with one attached hydrogen (secondary N) is 1. The lowest BCUT2D eigenvalue weighted by Crippen LogP contribution is -2.48. The second kappa shape index (κ2) is 22.8. The van der Waals surface area contributed by atoms with Crippen molar-refractivity contribution < 1.29 is 52.3 Å². The van der Waals surface area contributed by atoms with Crippen LogP contribution in [0.4, 0.5) is 0 Å². The van der Waals surface area contributed by atoms with Gasteiger partial charge in [0.25, 0.3) is 0 Å². The van der Waals surface area contributed by atoms with E-state index in [4.69, 9.17) is 48.6 Å². The first-order valence-corrected chi connectivity index (χ1v) is 25.8. The van der Waals surface area contributed by atoms with Crippen LogP contribution in [0.2, 0.25) is 0 Å². The molecule has 372 valence electrons. The summed E-state index contributed by atoms with van der Waals surface area (Å²) >= 11 is 0. The summed E-state index contributed by atoms with van der Waals surface area (Å²) in [4.78, 5) is 48.9. The molecule has 4 heterocycles. The normalized spacial score (nSPS) is 34.8. The Hall–Kier alpha value is -3.70. The topological polar surface area (TPSA) is 182 Å². The highest BCUT2D eigenvalue weighted by Gasteiger charge is 2.52. The Kier molecular flexibility index (Phi) is 16.5. The van der Waals surface area contributed by atoms with Gasteiger partial charge in [0.05, 0.1) is 97.1 Å². The molecule has 2 saturated carbocycles. The van der Waals surface area contributed by atoms with Crippen LogP contribution >= 0.6 is 0 Å². The van der Waals surface area contributed by atoms with Crippen molar-refractivity contribution in [3.63, 3.8) is 0 Å². The Morgan fingerprint density at radius 3 is 2.09 bits per heavy atom. The average Bonchev–Trinajstić information content (AvgIpc) is 3.83. The fourth-order valence-electron chi connectivity index (χ4n) is 13.2. The number of carbonyl (C=O) groups is 3. The van der Waals surface area contributed by atoms with Gasteiger partial charge >= 0.3 is 0 Å². The number of methoxy groups -OCH3 is 2. The van der Waals surface area contributed by atoms with Crippen molar-refractivity contribution in [2.24, 2.45) is 40.3 Å². The van der Waals surface area contributed by atoms with Gasteiger partial charge in [0, 0.05) is 69.0 Å². The van der Waals surface area contributed by atoms with Crippen molar-refractivity contribution in [1.82, 2.24) is 15.1 Å². The molecule has 0 aromatic rings. The van der Waals surface area contributed by atoms with Gasteiger partial charge in [0.2, 0.25) is 17.7 Å². The number of hydrogen-bond acceptors (Lipinski definition) is 13. The molecule has 67 heavy (non-hydrogen) atoms. The minimum atomic E-state index is -0.384. The van der Waals surface area contributed by atoms with Crippen molar-refractivity contribution in [1.29, 1.82) is 0 Å². The Balaban J connectivity index is 0.816. The number of fused-ring (bicyclic) bond motifs is 8. The number of nitrogens with two attached hydrogens (primary N) is 1. The number of amides is 3. The van der Waals surface area contributed by atoms with Crippen LogP contribution in [-0.2, 0) is 52.3 Å². The summed E-state index contributed by atoms with van der Waals surface area (Å²) in [6.45, 7) is 4.45. The molecular weight excluding hydrogens is 859 g/mol. The molecule has 0 radical (unpaired) electrons. The zero-order valence-electron chi connectivity index (χ0n) is 40.1. The molecule has 0 aromatic heterocycles. The van der Waals surface area contributed by atoms with Gasteiger partial charge in [-0.1, -0.05) is 31.8 Å². The molecule has 3 amide bonds. The largest absolute Gasteiger partial charge is 0.498 e. The summed E-state index contributed by atoms with van der Waals surface area (Å²) in [6.07, 6.45) is 19.8. The quantitative estimate of drug-likeness (QED) is 0.117. The molecule has 4 unspecified atom stereocenters. The molecule has 12 atom stereocenters. The number of primary amides is 1. The number of hydrogen-bond donors (Lipinski definition) is 2. The summed E-state index contributed by atoms with van der Waals surface area (Å²) in [5, 5.41) is 3.82. The van der Waals surface area contributed by atoms with E-state index in [0.717, 1.165) is 73.7 Å². The lowest BCUT2D eigenvalue weighted by molar-refractivity contribution is -0.140. The second-order valence-electron chi connectivity index (χ2n) is 20.6. The summed E-state index contributed by atoms with van der Waals surface area (Å²) < 4.78 is 48.6. The van der Waals surface area contributed by atoms with E-state index in [1.807, 2.05) is 0 Å². The van der Waals surface area contributed by atoms with Gasteiger partial charge < -0.3 is 58.7 Å². The van der Waals surface area contributed by atoms with Gasteiger partial charge in [-0.3, -0.25) is 19.4 Å². The maximum absolute atomic E-state index is 14.3. The number of carbonyl (C=O) groups excluding carboxylic acids is 3. The van der Waals surface area contributed by atoms with Gasteiger partial charge in [0.1, 0.15) is 29.6 Å². The summed E-state index contributed by atoms with van der Waals surface area (Å²) in [5.41, 5.74) is 6.27. The molecule has 0 spiro atoms. The third kappa shape index (κ3) is 11.3. The Morgan fingerprint density at radius 2 is 1.36 bits per heavy atom. The lowest BCUT2D eigenvalue weighted by Gasteiger charge is -2.37. The summed E-state index contributed by atoms with van der Waals surface area (Å²) in [6, 6.07) is 0.925. The van der Waals surface area contributed by atoms with Crippen LogP contribution in [0.3, 0.4) is 0 Å². The first kappa shape index (κ1) is 48.3. The van der Waals surface area contributed by atoms with Crippen LogP contribution in [0.25, 0.3) is 0 Å². The monoisotopic (exact) mass is 936 g/mol. The summed E-state index contributed by atoms with van der Waals surface area (Å²) in [7, 11) is 3.38. The molecule has 3 N–H and O–H groups in total. The molecule has 16 nitrogen and oxygen atoms in total. The van der Waals surface area contributed by atoms with Crippen LogP contribution in [0.15, 0.2) is 39.7 Å². The van der Waals surface area contributed by atoms with E-state index < -0.39 is 0 Å². The number of nitrogens with zero attached hydrogens (tertiary/aromatic N) is 3. The smallest absolute Gasteiger partial charge is 0.229 e. The fraction of sp³-hybridized carbons (Fsp3) is 0.804. The first-order chi connectivity index (χ1) is 32.8. The fourth-order valence-corrected chi connectivity index (χ4v) is 13.2. The van der Waals surface area contributed by atoms with E-state index in [-0.39, 0.29) is 66.3 Å². The van der Waals surface area contributed by atoms with Gasteiger partial charge in [-0.25, -0.2) is 0 Å². The lowest BCUT2D eigenvalue weighted by atomic mass is 9.82. The van der Waals surface area contributed by atoms with E-state index in [1.54, 1.807) is 14.2 Å². The van der Waals surface area contributed by atoms with Gasteiger partial charge in [-0.2, -0.15) is 0 Å². The van der Waals surface area contributed by atoms with Crippen molar-refractivity contribution in [2.45, 2.75) is 152 Å². The predicted molar refractivity (Wildman–Crippen MR) is 248 cm³/mol. The van der Waals surface area contributed by atoms with Crippen molar-refractivity contribution in [3.8, 4) is 0 Å². The Bertz CT molecular complexity index is 1870. The minimum Gasteiger partial charge on any atom is -0.498 e. The van der Waals surface area contributed by atoms with E-state index in [2.05, 4.69) is 27.4 Å². The standard InChI is InChI=1S/C51H77N5O11/c1-60-45-24-39-41(53-28-36-22-34-7-3-5-9-43(34)55(36)50(39)58)26-47(45)66-30-32-19-33(21-38(20-32)65-18-17-64-16-15-63-14-13-62-12-11-49(52)57)31-67-48-27-42-40(25-46(48)61-2)51(59)56-37(29-54-42)23-35-8-4-6-10-44(35)56/h20,28,33-44,54H,3-19,21-27,29-31H2,1-2H3,(H2,52,57)/t33?,34-,35+,36?,37-,38+,39+,40-,41-,42+,43?,44?/m0/s1. The molecule has 5 fully saturated rings. The number of ether oxygens (including phenoxy) is 8. The van der Waals surface area contributed by atoms with Crippen LogP contribution in [-0.4, -0.2) is 156 Å². The van der Waals surface area contributed by atoms with Gasteiger partial charge in [0.15, 0.2) is 0 Å². The van der Waals surface area contributed by atoms with Crippen molar-refractivity contribution in [3.05, 3.63) is 34.7 Å². The Morgan fingerprint density at radius 1 is 0.716 bits per heavy atom. The van der Waals surface area contributed by atoms with Gasteiger partial charge in [-0.15, -0.1) is 0 Å². The summed E-state index contributed by atoms with van der Waals surface area (Å²) in [5.74, 6) is 4.23. The number of allylic oxidation sites excluding steroid dienone is 2.